The van der Waals surface area contributed by atoms with Crippen LogP contribution in [0.4, 0.5) is 5.69 Å². The highest BCUT2D eigenvalue weighted by Crippen LogP contribution is 2.16. The second-order valence-electron chi connectivity index (χ2n) is 6.77. The predicted octanol–water partition coefficient (Wildman–Crippen LogP) is 3.78. The maximum Gasteiger partial charge on any atom is 0.243 e. The van der Waals surface area contributed by atoms with Gasteiger partial charge in [0.1, 0.15) is 0 Å². The van der Waals surface area contributed by atoms with E-state index >= 15 is 0 Å². The Morgan fingerprint density at radius 3 is 2.22 bits per heavy atom. The summed E-state index contributed by atoms with van der Waals surface area (Å²) in [6, 6.07) is 14.6. The molecule has 0 unspecified atom stereocenters. The maximum absolute atomic E-state index is 12.6. The lowest BCUT2D eigenvalue weighted by atomic mass is 10.1. The van der Waals surface area contributed by atoms with Gasteiger partial charge in [-0.3, -0.25) is 14.9 Å². The Kier molecular flexibility index (Phi) is 7.39. The normalized spacial score (nSPS) is 12.9. The summed E-state index contributed by atoms with van der Waals surface area (Å²) in [6.07, 6.45) is 0. The van der Waals surface area contributed by atoms with E-state index in [2.05, 4.69) is 10.6 Å². The van der Waals surface area contributed by atoms with Crippen LogP contribution in [0.2, 0.25) is 5.02 Å². The molecule has 2 amide bonds. The summed E-state index contributed by atoms with van der Waals surface area (Å²) in [5.74, 6) is -0.373. The zero-order valence-corrected chi connectivity index (χ0v) is 16.9. The fourth-order valence-electron chi connectivity index (χ4n) is 2.76. The molecule has 0 saturated heterocycles. The largest absolute Gasteiger partial charge is 0.335 e. The van der Waals surface area contributed by atoms with Gasteiger partial charge in [0.2, 0.25) is 11.8 Å². The number of likely N-dealkylation sites (N-methyl/N-ethyl adjacent to an activating group) is 1. The molecule has 2 N–H and O–H groups in total. The number of aryl methyl sites for hydroxylation is 1. The van der Waals surface area contributed by atoms with Gasteiger partial charge in [0.05, 0.1) is 12.6 Å². The van der Waals surface area contributed by atoms with Crippen molar-refractivity contribution in [1.29, 1.82) is 0 Å². The van der Waals surface area contributed by atoms with Gasteiger partial charge in [0.15, 0.2) is 0 Å². The van der Waals surface area contributed by atoms with Crippen molar-refractivity contribution in [3.63, 3.8) is 0 Å². The van der Waals surface area contributed by atoms with Gasteiger partial charge < -0.3 is 10.2 Å². The third-order valence-corrected chi connectivity index (χ3v) is 4.58. The number of benzene rings is 2. The van der Waals surface area contributed by atoms with Gasteiger partial charge in [0.25, 0.3) is 0 Å². The highest BCUT2D eigenvalue weighted by molar-refractivity contribution is 6.30. The van der Waals surface area contributed by atoms with Crippen molar-refractivity contribution in [1.82, 2.24) is 10.2 Å². The number of nitrogens with one attached hydrogen (secondary N) is 2. The molecule has 2 atom stereocenters. The zero-order valence-electron chi connectivity index (χ0n) is 16.1. The van der Waals surface area contributed by atoms with Crippen LogP contribution in [0.15, 0.2) is 48.5 Å². The molecule has 0 heterocycles. The van der Waals surface area contributed by atoms with E-state index in [1.807, 2.05) is 62.4 Å². The Morgan fingerprint density at radius 2 is 1.63 bits per heavy atom. The van der Waals surface area contributed by atoms with Crippen molar-refractivity contribution < 1.29 is 9.59 Å². The second kappa shape index (κ2) is 9.53. The van der Waals surface area contributed by atoms with Crippen LogP contribution in [0.25, 0.3) is 0 Å². The molecule has 6 heteroatoms. The summed E-state index contributed by atoms with van der Waals surface area (Å²) in [5.41, 5.74) is 2.88. The lowest BCUT2D eigenvalue weighted by Crippen LogP contribution is -2.46. The van der Waals surface area contributed by atoms with Crippen LogP contribution in [-0.2, 0) is 9.59 Å². The van der Waals surface area contributed by atoms with Crippen LogP contribution >= 0.6 is 11.6 Å². The SMILES string of the molecule is Cc1ccc(NC(=O)CN(C)C(=O)[C@H](C)N[C@@H](C)c2ccc(Cl)cc2)cc1. The van der Waals surface area contributed by atoms with Gasteiger partial charge in [-0.1, -0.05) is 41.4 Å². The average Bonchev–Trinajstić information content (AvgIpc) is 2.63. The number of carbonyl (C=O) groups is 2. The average molecular weight is 388 g/mol. The van der Waals surface area contributed by atoms with E-state index in [0.717, 1.165) is 11.1 Å². The van der Waals surface area contributed by atoms with Gasteiger partial charge in [0, 0.05) is 23.8 Å². The van der Waals surface area contributed by atoms with E-state index in [0.29, 0.717) is 10.7 Å². The number of halogens is 1. The second-order valence-corrected chi connectivity index (χ2v) is 7.21. The molecule has 144 valence electrons. The molecule has 2 aromatic carbocycles. The minimum atomic E-state index is -0.423. The summed E-state index contributed by atoms with van der Waals surface area (Å²) >= 11 is 5.91. The molecule has 0 aliphatic heterocycles. The van der Waals surface area contributed by atoms with Crippen LogP contribution in [0.5, 0.6) is 0 Å². The maximum atomic E-state index is 12.6. The standard InChI is InChI=1S/C21H26ClN3O2/c1-14-5-11-19(12-6-14)24-20(26)13-25(4)21(27)16(3)23-15(2)17-7-9-18(22)10-8-17/h5-12,15-16,23H,13H2,1-4H3,(H,24,26)/t15-,16-/m0/s1. The monoisotopic (exact) mass is 387 g/mol. The summed E-state index contributed by atoms with van der Waals surface area (Å²) in [6.45, 7) is 5.76. The number of rotatable bonds is 7. The van der Waals surface area contributed by atoms with Crippen LogP contribution in [0.1, 0.15) is 31.0 Å². The molecule has 2 aromatic rings. The summed E-state index contributed by atoms with van der Waals surface area (Å²) < 4.78 is 0. The van der Waals surface area contributed by atoms with Crippen molar-refractivity contribution in [2.24, 2.45) is 0 Å². The van der Waals surface area contributed by atoms with Crippen LogP contribution < -0.4 is 10.6 Å². The van der Waals surface area contributed by atoms with Gasteiger partial charge in [-0.2, -0.15) is 0 Å². The van der Waals surface area contributed by atoms with Crippen LogP contribution in [0.3, 0.4) is 0 Å². The predicted molar refractivity (Wildman–Crippen MR) is 110 cm³/mol. The van der Waals surface area contributed by atoms with Crippen molar-refractivity contribution in [2.75, 3.05) is 18.9 Å². The summed E-state index contributed by atoms with van der Waals surface area (Å²) in [5, 5.41) is 6.73. The Hall–Kier alpha value is -2.37. The molecule has 5 nitrogen and oxygen atoms in total. The highest BCUT2D eigenvalue weighted by Gasteiger charge is 2.21. The molecule has 0 bridgehead atoms. The van der Waals surface area contributed by atoms with E-state index in [9.17, 15) is 9.59 Å². The Morgan fingerprint density at radius 1 is 1.04 bits per heavy atom. The Balaban J connectivity index is 1.86. The molecule has 2 rings (SSSR count). The smallest absolute Gasteiger partial charge is 0.243 e. The fourth-order valence-corrected chi connectivity index (χ4v) is 2.88. The first-order chi connectivity index (χ1) is 12.8. The Labute approximate surface area is 165 Å². The first kappa shape index (κ1) is 20.9. The molecular weight excluding hydrogens is 362 g/mol. The number of nitrogens with zero attached hydrogens (tertiary/aromatic N) is 1. The molecule has 0 spiro atoms. The quantitative estimate of drug-likeness (QED) is 0.759. The Bertz CT molecular complexity index is 775. The molecule has 0 radical (unpaired) electrons. The van der Waals surface area contributed by atoms with Gasteiger partial charge in [-0.05, 0) is 50.6 Å². The van der Waals surface area contributed by atoms with Crippen LogP contribution in [0, 0.1) is 6.92 Å². The molecule has 27 heavy (non-hydrogen) atoms. The zero-order chi connectivity index (χ0) is 20.0. The molecule has 0 aliphatic rings. The first-order valence-corrected chi connectivity index (χ1v) is 9.27. The van der Waals surface area contributed by atoms with Gasteiger partial charge in [-0.25, -0.2) is 0 Å². The van der Waals surface area contributed by atoms with Crippen molar-refractivity contribution >= 4 is 29.1 Å². The third kappa shape index (κ3) is 6.38. The lowest BCUT2D eigenvalue weighted by molar-refractivity contribution is -0.135. The number of amides is 2. The van der Waals surface area contributed by atoms with Crippen molar-refractivity contribution in [3.8, 4) is 0 Å². The molecule has 0 aromatic heterocycles. The summed E-state index contributed by atoms with van der Waals surface area (Å²) in [4.78, 5) is 26.2. The van der Waals surface area contributed by atoms with Crippen molar-refractivity contribution in [3.05, 3.63) is 64.7 Å². The van der Waals surface area contributed by atoms with E-state index in [1.165, 1.54) is 4.90 Å². The fraction of sp³-hybridized carbons (Fsp3) is 0.333. The number of anilines is 1. The first-order valence-electron chi connectivity index (χ1n) is 8.89. The van der Waals surface area contributed by atoms with Crippen LogP contribution in [-0.4, -0.2) is 36.3 Å². The van der Waals surface area contributed by atoms with Crippen molar-refractivity contribution in [2.45, 2.75) is 32.9 Å². The third-order valence-electron chi connectivity index (χ3n) is 4.33. The van der Waals surface area contributed by atoms with E-state index in [4.69, 9.17) is 11.6 Å². The summed E-state index contributed by atoms with van der Waals surface area (Å²) in [7, 11) is 1.63. The highest BCUT2D eigenvalue weighted by atomic mass is 35.5. The minimum Gasteiger partial charge on any atom is -0.335 e. The number of hydrogen-bond acceptors (Lipinski definition) is 3. The topological polar surface area (TPSA) is 61.4 Å². The minimum absolute atomic E-state index is 0.00590. The van der Waals surface area contributed by atoms with E-state index < -0.39 is 6.04 Å². The molecule has 0 aliphatic carbocycles. The van der Waals surface area contributed by atoms with E-state index in [1.54, 1.807) is 14.0 Å². The van der Waals surface area contributed by atoms with Gasteiger partial charge in [-0.15, -0.1) is 0 Å². The lowest BCUT2D eigenvalue weighted by Gasteiger charge is -2.24. The molecule has 0 fully saturated rings. The number of hydrogen-bond donors (Lipinski definition) is 2. The number of carbonyl (C=O) groups excluding carboxylic acids is 2. The van der Waals surface area contributed by atoms with E-state index in [-0.39, 0.29) is 24.4 Å². The molecule has 0 saturated carbocycles. The molecular formula is C21H26ClN3O2. The van der Waals surface area contributed by atoms with Gasteiger partial charge >= 0.3 is 0 Å².